The van der Waals surface area contributed by atoms with Gasteiger partial charge in [0.1, 0.15) is 11.9 Å². The van der Waals surface area contributed by atoms with E-state index >= 15 is 0 Å². The summed E-state index contributed by atoms with van der Waals surface area (Å²) in [6.07, 6.45) is 0.659. The van der Waals surface area contributed by atoms with Crippen molar-refractivity contribution < 1.29 is 9.13 Å². The van der Waals surface area contributed by atoms with Gasteiger partial charge in [0.2, 0.25) is 0 Å². The Hall–Kier alpha value is -2.40. The topological polar surface area (TPSA) is 36.9 Å². The van der Waals surface area contributed by atoms with E-state index in [9.17, 15) is 4.39 Å². The van der Waals surface area contributed by atoms with Gasteiger partial charge in [-0.15, -0.1) is 0 Å². The number of ether oxygens (including phenoxy) is 1. The Labute approximate surface area is 154 Å². The molecule has 1 heterocycles. The minimum absolute atomic E-state index is 0.0371. The molecule has 1 N–H and O–H groups in total. The number of benzene rings is 2. The first-order valence-corrected chi connectivity index (χ1v) is 9.05. The van der Waals surface area contributed by atoms with Crippen molar-refractivity contribution in [3.8, 4) is 0 Å². The summed E-state index contributed by atoms with van der Waals surface area (Å²) in [5.41, 5.74) is 3.18. The van der Waals surface area contributed by atoms with Crippen LogP contribution in [0.25, 0.3) is 0 Å². The first kappa shape index (κ1) is 18.4. The van der Waals surface area contributed by atoms with Crippen LogP contribution in [0.5, 0.6) is 0 Å². The van der Waals surface area contributed by atoms with E-state index in [4.69, 9.17) is 4.74 Å². The van der Waals surface area contributed by atoms with Gasteiger partial charge in [0.05, 0.1) is 13.2 Å². The Morgan fingerprint density at radius 2 is 2.00 bits per heavy atom. The maximum absolute atomic E-state index is 13.7. The van der Waals surface area contributed by atoms with Gasteiger partial charge >= 0.3 is 0 Å². The normalized spacial score (nSPS) is 18.0. The zero-order valence-electron chi connectivity index (χ0n) is 15.4. The highest BCUT2D eigenvalue weighted by atomic mass is 19.1. The van der Waals surface area contributed by atoms with Gasteiger partial charge < -0.3 is 15.0 Å². The van der Waals surface area contributed by atoms with Crippen LogP contribution in [0.2, 0.25) is 0 Å². The molecule has 3 rings (SSSR count). The van der Waals surface area contributed by atoms with Crippen LogP contribution in [0.3, 0.4) is 0 Å². The van der Waals surface area contributed by atoms with Gasteiger partial charge in [0, 0.05) is 20.1 Å². The zero-order chi connectivity index (χ0) is 18.4. The largest absolute Gasteiger partial charge is 0.370 e. The molecule has 138 valence electrons. The molecule has 0 spiro atoms. The third-order valence-electron chi connectivity index (χ3n) is 4.75. The Balaban J connectivity index is 1.59. The molecule has 1 fully saturated rings. The van der Waals surface area contributed by atoms with Crippen molar-refractivity contribution in [2.24, 2.45) is 4.99 Å². The number of rotatable bonds is 4. The summed E-state index contributed by atoms with van der Waals surface area (Å²) < 4.78 is 19.7. The van der Waals surface area contributed by atoms with E-state index in [1.165, 1.54) is 17.2 Å². The third kappa shape index (κ3) is 4.41. The minimum Gasteiger partial charge on any atom is -0.370 e. The first-order valence-electron chi connectivity index (χ1n) is 9.05. The molecular weight excluding hydrogens is 329 g/mol. The van der Waals surface area contributed by atoms with E-state index < -0.39 is 0 Å². The van der Waals surface area contributed by atoms with Crippen molar-refractivity contribution in [3.05, 3.63) is 71.0 Å². The second-order valence-corrected chi connectivity index (χ2v) is 6.48. The lowest BCUT2D eigenvalue weighted by atomic mass is 10.0. The number of aryl methyl sites for hydroxylation is 1. The molecule has 26 heavy (non-hydrogen) atoms. The van der Waals surface area contributed by atoms with Gasteiger partial charge in [-0.25, -0.2) is 4.39 Å². The molecule has 0 aliphatic carbocycles. The quantitative estimate of drug-likeness (QED) is 0.675. The molecule has 2 aromatic carbocycles. The van der Waals surface area contributed by atoms with E-state index in [-0.39, 0.29) is 11.9 Å². The van der Waals surface area contributed by atoms with E-state index in [1.807, 2.05) is 24.3 Å². The van der Waals surface area contributed by atoms with Crippen LogP contribution < -0.4 is 5.32 Å². The van der Waals surface area contributed by atoms with Crippen LogP contribution >= 0.6 is 0 Å². The number of aliphatic imine (C=N–C) groups is 1. The lowest BCUT2D eigenvalue weighted by Crippen LogP contribution is -2.48. The van der Waals surface area contributed by atoms with Gasteiger partial charge in [0.15, 0.2) is 5.96 Å². The zero-order valence-corrected chi connectivity index (χ0v) is 15.4. The van der Waals surface area contributed by atoms with E-state index in [0.717, 1.165) is 24.6 Å². The molecule has 4 nitrogen and oxygen atoms in total. The van der Waals surface area contributed by atoms with Gasteiger partial charge in [-0.05, 0) is 36.1 Å². The fraction of sp³-hybridized carbons (Fsp3) is 0.381. The molecule has 2 aromatic rings. The number of nitrogens with one attached hydrogen (secondary N) is 1. The molecular formula is C21H26FN3O. The van der Waals surface area contributed by atoms with Gasteiger partial charge in [-0.1, -0.05) is 42.5 Å². The van der Waals surface area contributed by atoms with Gasteiger partial charge in [-0.3, -0.25) is 4.99 Å². The SMILES string of the molecule is CN=C(NCCc1ccccc1F)N1CCOC(c2ccccc2C)C1. The Bertz CT molecular complexity index is 762. The lowest BCUT2D eigenvalue weighted by molar-refractivity contribution is -0.00829. The number of hydrogen-bond acceptors (Lipinski definition) is 2. The average molecular weight is 355 g/mol. The van der Waals surface area contributed by atoms with Gasteiger partial charge in [0.25, 0.3) is 0 Å². The first-order chi connectivity index (χ1) is 12.7. The van der Waals surface area contributed by atoms with Crippen LogP contribution in [0.15, 0.2) is 53.5 Å². The Kier molecular flexibility index (Phi) is 6.23. The van der Waals surface area contributed by atoms with Crippen LogP contribution in [-0.4, -0.2) is 44.1 Å². The molecule has 1 saturated heterocycles. The van der Waals surface area contributed by atoms with E-state index in [0.29, 0.717) is 19.6 Å². The number of guanidine groups is 1. The summed E-state index contributed by atoms with van der Waals surface area (Å²) in [6.45, 7) is 4.96. The standard InChI is InChI=1S/C21H26FN3O/c1-16-7-3-5-9-18(16)20-15-25(13-14-26-20)21(23-2)24-12-11-17-8-4-6-10-19(17)22/h3-10,20H,11-15H2,1-2H3,(H,23,24). The molecule has 0 bridgehead atoms. The number of hydrogen-bond donors (Lipinski definition) is 1. The molecule has 5 heteroatoms. The number of morpholine rings is 1. The molecule has 1 aliphatic rings. The van der Waals surface area contributed by atoms with Crippen molar-refractivity contribution in [3.63, 3.8) is 0 Å². The Morgan fingerprint density at radius 1 is 1.23 bits per heavy atom. The molecule has 0 saturated carbocycles. The van der Waals surface area contributed by atoms with Crippen LogP contribution in [0.4, 0.5) is 4.39 Å². The van der Waals surface area contributed by atoms with Crippen molar-refractivity contribution in [2.45, 2.75) is 19.4 Å². The summed E-state index contributed by atoms with van der Waals surface area (Å²) in [6, 6.07) is 15.2. The predicted octanol–water partition coefficient (Wildman–Crippen LogP) is 3.33. The number of nitrogens with zero attached hydrogens (tertiary/aromatic N) is 2. The summed E-state index contributed by atoms with van der Waals surface area (Å²) in [5.74, 6) is 0.679. The fourth-order valence-corrected chi connectivity index (χ4v) is 3.32. The van der Waals surface area contributed by atoms with Crippen LogP contribution in [0, 0.1) is 12.7 Å². The van der Waals surface area contributed by atoms with Gasteiger partial charge in [-0.2, -0.15) is 0 Å². The fourth-order valence-electron chi connectivity index (χ4n) is 3.32. The smallest absolute Gasteiger partial charge is 0.193 e. The highest BCUT2D eigenvalue weighted by Crippen LogP contribution is 2.24. The maximum Gasteiger partial charge on any atom is 0.193 e. The minimum atomic E-state index is -0.157. The van der Waals surface area contributed by atoms with Crippen LogP contribution in [-0.2, 0) is 11.2 Å². The molecule has 0 amide bonds. The summed E-state index contributed by atoms with van der Waals surface area (Å²) in [7, 11) is 1.78. The third-order valence-corrected chi connectivity index (χ3v) is 4.75. The maximum atomic E-state index is 13.7. The van der Waals surface area contributed by atoms with E-state index in [2.05, 4.69) is 34.3 Å². The Morgan fingerprint density at radius 3 is 2.77 bits per heavy atom. The second kappa shape index (κ2) is 8.81. The second-order valence-electron chi connectivity index (χ2n) is 6.48. The monoisotopic (exact) mass is 355 g/mol. The van der Waals surface area contributed by atoms with Crippen LogP contribution in [0.1, 0.15) is 22.8 Å². The summed E-state index contributed by atoms with van der Waals surface area (Å²) >= 11 is 0. The molecule has 0 aromatic heterocycles. The van der Waals surface area contributed by atoms with E-state index in [1.54, 1.807) is 13.1 Å². The van der Waals surface area contributed by atoms with Crippen molar-refractivity contribution in [1.82, 2.24) is 10.2 Å². The van der Waals surface area contributed by atoms with Crippen molar-refractivity contribution >= 4 is 5.96 Å². The number of halogens is 1. The summed E-state index contributed by atoms with van der Waals surface area (Å²) in [4.78, 5) is 6.61. The highest BCUT2D eigenvalue weighted by Gasteiger charge is 2.25. The average Bonchev–Trinajstić information content (AvgIpc) is 2.67. The molecule has 0 radical (unpaired) electrons. The summed E-state index contributed by atoms with van der Waals surface area (Å²) in [5, 5.41) is 3.36. The molecule has 1 unspecified atom stereocenters. The highest BCUT2D eigenvalue weighted by molar-refractivity contribution is 5.80. The van der Waals surface area contributed by atoms with Crippen molar-refractivity contribution in [2.75, 3.05) is 33.3 Å². The molecule has 1 atom stereocenters. The lowest BCUT2D eigenvalue weighted by Gasteiger charge is -2.35. The molecule has 1 aliphatic heterocycles. The predicted molar refractivity (Wildman–Crippen MR) is 103 cm³/mol. The van der Waals surface area contributed by atoms with Crippen molar-refractivity contribution in [1.29, 1.82) is 0 Å².